The number of nitrogens with one attached hydrogen (secondary N) is 3. The Labute approximate surface area is 144 Å². The molecule has 0 amide bonds. The number of hydrogen-bond donors (Lipinski definition) is 3. The van der Waals surface area contributed by atoms with Crippen LogP contribution in [0.25, 0.3) is 0 Å². The summed E-state index contributed by atoms with van der Waals surface area (Å²) >= 11 is 1.74. The second-order valence-electron chi connectivity index (χ2n) is 7.75. The second kappa shape index (κ2) is 8.02. The molecular formula is C17H32N4OS. The van der Waals surface area contributed by atoms with Gasteiger partial charge in [-0.15, -0.1) is 0 Å². The van der Waals surface area contributed by atoms with Gasteiger partial charge in [0, 0.05) is 24.7 Å². The lowest BCUT2D eigenvalue weighted by atomic mass is 9.91. The molecule has 23 heavy (non-hydrogen) atoms. The molecule has 4 fully saturated rings. The molecule has 4 saturated heterocycles. The molecule has 0 aromatic rings. The van der Waals surface area contributed by atoms with Gasteiger partial charge in [0.15, 0.2) is 0 Å². The Kier molecular flexibility index (Phi) is 5.79. The van der Waals surface area contributed by atoms with Crippen LogP contribution in [0.4, 0.5) is 0 Å². The fraction of sp³-hybridized carbons (Fsp3) is 1.00. The van der Waals surface area contributed by atoms with Crippen LogP contribution in [0.15, 0.2) is 0 Å². The molecule has 0 saturated carbocycles. The normalized spacial score (nSPS) is 43.6. The fourth-order valence-electron chi connectivity index (χ4n) is 4.79. The van der Waals surface area contributed by atoms with Gasteiger partial charge in [0.05, 0.1) is 11.9 Å². The molecule has 0 aromatic heterocycles. The second-order valence-corrected chi connectivity index (χ2v) is 8.73. The Balaban J connectivity index is 1.40. The minimum Gasteiger partial charge on any atom is -0.315 e. The molecule has 3 N–H and O–H groups in total. The molecule has 132 valence electrons. The van der Waals surface area contributed by atoms with Crippen molar-refractivity contribution < 1.29 is 4.18 Å². The zero-order chi connectivity index (χ0) is 15.5. The van der Waals surface area contributed by atoms with Crippen LogP contribution in [0.1, 0.15) is 44.9 Å². The molecule has 5 nitrogen and oxygen atoms in total. The van der Waals surface area contributed by atoms with Gasteiger partial charge in [0.1, 0.15) is 0 Å². The molecule has 4 aliphatic heterocycles. The maximum atomic E-state index is 5.80. The van der Waals surface area contributed by atoms with Crippen molar-refractivity contribution in [3.05, 3.63) is 0 Å². The number of rotatable bonds is 0. The van der Waals surface area contributed by atoms with E-state index in [1.165, 1.54) is 58.0 Å². The smallest absolute Gasteiger partial charge is 0.0654 e. The number of hydrazine groups is 1. The van der Waals surface area contributed by atoms with Gasteiger partial charge in [-0.1, -0.05) is 0 Å². The summed E-state index contributed by atoms with van der Waals surface area (Å²) in [6.07, 6.45) is 9.38. The monoisotopic (exact) mass is 340 g/mol. The van der Waals surface area contributed by atoms with Crippen LogP contribution < -0.4 is 16.2 Å². The van der Waals surface area contributed by atoms with Crippen molar-refractivity contribution in [2.24, 2.45) is 5.92 Å². The van der Waals surface area contributed by atoms with Crippen LogP contribution in [0.2, 0.25) is 0 Å². The van der Waals surface area contributed by atoms with Crippen molar-refractivity contribution in [3.8, 4) is 0 Å². The van der Waals surface area contributed by atoms with Crippen LogP contribution >= 0.6 is 12.0 Å². The van der Waals surface area contributed by atoms with E-state index in [4.69, 9.17) is 4.18 Å². The van der Waals surface area contributed by atoms with E-state index in [0.29, 0.717) is 17.3 Å². The molecule has 0 spiro atoms. The van der Waals surface area contributed by atoms with Crippen LogP contribution in [0.3, 0.4) is 0 Å². The quantitative estimate of drug-likeness (QED) is 0.581. The molecule has 5 unspecified atom stereocenters. The highest BCUT2D eigenvalue weighted by molar-refractivity contribution is 7.95. The maximum absolute atomic E-state index is 5.80. The van der Waals surface area contributed by atoms with Crippen molar-refractivity contribution in [2.45, 2.75) is 68.3 Å². The van der Waals surface area contributed by atoms with Crippen molar-refractivity contribution >= 4 is 12.0 Å². The molecule has 0 aliphatic carbocycles. The molecule has 4 aliphatic rings. The minimum atomic E-state index is 0.559. The molecule has 2 bridgehead atoms. The van der Waals surface area contributed by atoms with Gasteiger partial charge in [-0.2, -0.15) is 0 Å². The Morgan fingerprint density at radius 3 is 2.96 bits per heavy atom. The summed E-state index contributed by atoms with van der Waals surface area (Å²) in [5, 5.41) is 4.26. The molecule has 0 radical (unpaired) electrons. The average Bonchev–Trinajstić information content (AvgIpc) is 3.27. The van der Waals surface area contributed by atoms with Gasteiger partial charge in [0.25, 0.3) is 0 Å². The summed E-state index contributed by atoms with van der Waals surface area (Å²) in [5.74, 6) is 0.721. The third-order valence-electron chi connectivity index (χ3n) is 6.14. The van der Waals surface area contributed by atoms with E-state index in [2.05, 4.69) is 21.1 Å². The Hall–Kier alpha value is 0.150. The molecule has 0 aromatic carbocycles. The predicted molar refractivity (Wildman–Crippen MR) is 95.2 cm³/mol. The Bertz CT molecular complexity index is 386. The van der Waals surface area contributed by atoms with E-state index in [1.807, 2.05) is 0 Å². The van der Waals surface area contributed by atoms with E-state index in [0.717, 1.165) is 31.7 Å². The van der Waals surface area contributed by atoms with Gasteiger partial charge in [0.2, 0.25) is 0 Å². The van der Waals surface area contributed by atoms with Crippen LogP contribution in [0.5, 0.6) is 0 Å². The first-order valence-electron chi connectivity index (χ1n) is 9.64. The molecule has 5 atom stereocenters. The summed E-state index contributed by atoms with van der Waals surface area (Å²) in [5.41, 5.74) is 7.05. The highest BCUT2D eigenvalue weighted by Crippen LogP contribution is 2.38. The minimum absolute atomic E-state index is 0.559. The summed E-state index contributed by atoms with van der Waals surface area (Å²) in [6.45, 7) is 5.82. The lowest BCUT2D eigenvalue weighted by molar-refractivity contribution is 0.215. The summed E-state index contributed by atoms with van der Waals surface area (Å²) < 4.78 is 5.80. The summed E-state index contributed by atoms with van der Waals surface area (Å²) in [6, 6.07) is 1.96. The van der Waals surface area contributed by atoms with E-state index in [9.17, 15) is 0 Å². The van der Waals surface area contributed by atoms with Crippen molar-refractivity contribution in [1.82, 2.24) is 21.1 Å². The van der Waals surface area contributed by atoms with Crippen LogP contribution in [-0.2, 0) is 4.18 Å². The first-order chi connectivity index (χ1) is 11.4. The lowest BCUT2D eigenvalue weighted by Crippen LogP contribution is -2.42. The van der Waals surface area contributed by atoms with Gasteiger partial charge in [-0.25, -0.2) is 0 Å². The number of hydrogen-bond acceptors (Lipinski definition) is 6. The first kappa shape index (κ1) is 16.6. The molecule has 4 rings (SSSR count). The molecular weight excluding hydrogens is 308 g/mol. The highest BCUT2D eigenvalue weighted by atomic mass is 32.2. The highest BCUT2D eigenvalue weighted by Gasteiger charge is 2.40. The average molecular weight is 341 g/mol. The van der Waals surface area contributed by atoms with Crippen molar-refractivity contribution in [1.29, 1.82) is 0 Å². The van der Waals surface area contributed by atoms with E-state index >= 15 is 0 Å². The van der Waals surface area contributed by atoms with Crippen LogP contribution in [-0.4, -0.2) is 61.1 Å². The van der Waals surface area contributed by atoms with Crippen LogP contribution in [0, 0.1) is 5.92 Å². The summed E-state index contributed by atoms with van der Waals surface area (Å²) in [7, 11) is 0. The molecule has 6 heteroatoms. The predicted octanol–water partition coefficient (Wildman–Crippen LogP) is 1.51. The number of nitrogens with zero attached hydrogens (tertiary/aromatic N) is 1. The largest absolute Gasteiger partial charge is 0.315 e. The SMILES string of the molecule is C1CCN2CCCC2CCC2COSC2C2CC(CNC1)NN2. The van der Waals surface area contributed by atoms with Crippen molar-refractivity contribution in [3.63, 3.8) is 0 Å². The standard InChI is InChI=1S/C17H32N4OS/c1-2-8-21-9-3-4-15(21)6-5-13-12-22-23-17(13)16-10-14(19-20-16)11-18-7-1/h13-20H,1-12H2. The van der Waals surface area contributed by atoms with E-state index in [1.54, 1.807) is 12.0 Å². The lowest BCUT2D eigenvalue weighted by Gasteiger charge is -2.27. The topological polar surface area (TPSA) is 48.6 Å². The van der Waals surface area contributed by atoms with E-state index < -0.39 is 0 Å². The number of fused-ring (bicyclic) bond motifs is 5. The van der Waals surface area contributed by atoms with Gasteiger partial charge in [-0.3, -0.25) is 10.9 Å². The zero-order valence-electron chi connectivity index (χ0n) is 14.1. The molecule has 4 heterocycles. The third-order valence-corrected chi connectivity index (χ3v) is 7.35. The Morgan fingerprint density at radius 1 is 1.00 bits per heavy atom. The maximum Gasteiger partial charge on any atom is 0.0654 e. The fourth-order valence-corrected chi connectivity index (χ4v) is 5.88. The van der Waals surface area contributed by atoms with Gasteiger partial charge in [-0.05, 0) is 82.5 Å². The van der Waals surface area contributed by atoms with Gasteiger partial charge >= 0.3 is 0 Å². The van der Waals surface area contributed by atoms with Crippen molar-refractivity contribution in [2.75, 3.05) is 32.8 Å². The zero-order valence-corrected chi connectivity index (χ0v) is 15.0. The summed E-state index contributed by atoms with van der Waals surface area (Å²) in [4.78, 5) is 2.77. The Morgan fingerprint density at radius 2 is 1.96 bits per heavy atom. The third kappa shape index (κ3) is 4.05. The first-order valence-corrected chi connectivity index (χ1v) is 10.4. The van der Waals surface area contributed by atoms with E-state index in [-0.39, 0.29) is 0 Å². The van der Waals surface area contributed by atoms with Gasteiger partial charge < -0.3 is 14.4 Å².